The summed E-state index contributed by atoms with van der Waals surface area (Å²) in [5.41, 5.74) is 1.53. The van der Waals surface area contributed by atoms with Gasteiger partial charge in [-0.25, -0.2) is 9.59 Å². The summed E-state index contributed by atoms with van der Waals surface area (Å²) in [5, 5.41) is 0. The fraction of sp³-hybridized carbons (Fsp3) is 0.519. The van der Waals surface area contributed by atoms with E-state index in [9.17, 15) is 27.6 Å². The summed E-state index contributed by atoms with van der Waals surface area (Å²) in [5.74, 6) is -3.64. The van der Waals surface area contributed by atoms with Crippen LogP contribution in [0.25, 0.3) is 11.3 Å². The molecule has 1 aromatic heterocycles. The Labute approximate surface area is 213 Å². The Balaban J connectivity index is 1.56. The third-order valence-electron chi connectivity index (χ3n) is 7.58. The molecule has 200 valence electrons. The predicted octanol–water partition coefficient (Wildman–Crippen LogP) is 4.41. The number of aromatic amines is 1. The average molecular weight is 520 g/mol. The van der Waals surface area contributed by atoms with Gasteiger partial charge in [0.05, 0.1) is 5.69 Å². The molecule has 2 aromatic rings. The number of anilines is 1. The van der Waals surface area contributed by atoms with E-state index in [1.54, 1.807) is 6.92 Å². The Morgan fingerprint density at radius 1 is 1.19 bits per heavy atom. The first-order valence-corrected chi connectivity index (χ1v) is 12.5. The first kappa shape index (κ1) is 26.9. The maximum Gasteiger partial charge on any atom is 0.491 e. The highest BCUT2D eigenvalue weighted by Crippen LogP contribution is 2.48. The van der Waals surface area contributed by atoms with Crippen molar-refractivity contribution in [2.45, 2.75) is 45.2 Å². The molecule has 2 fully saturated rings. The molecule has 1 saturated carbocycles. The molecule has 0 radical (unpaired) electrons. The lowest BCUT2D eigenvalue weighted by Crippen LogP contribution is -2.42. The number of H-pyrrole nitrogens is 1. The number of rotatable bonds is 6. The van der Waals surface area contributed by atoms with Crippen molar-refractivity contribution >= 4 is 17.6 Å². The van der Waals surface area contributed by atoms with Gasteiger partial charge in [-0.1, -0.05) is 31.9 Å². The van der Waals surface area contributed by atoms with Gasteiger partial charge < -0.3 is 19.5 Å². The lowest BCUT2D eigenvalue weighted by atomic mass is 9.68. The number of halogens is 3. The van der Waals surface area contributed by atoms with E-state index in [1.807, 2.05) is 24.3 Å². The van der Waals surface area contributed by atoms with Crippen LogP contribution >= 0.6 is 0 Å². The van der Waals surface area contributed by atoms with E-state index in [4.69, 9.17) is 0 Å². The monoisotopic (exact) mass is 519 g/mol. The highest BCUT2D eigenvalue weighted by atomic mass is 19.4. The van der Waals surface area contributed by atoms with Crippen molar-refractivity contribution in [3.63, 3.8) is 0 Å². The summed E-state index contributed by atoms with van der Waals surface area (Å²) in [7, 11) is 4.26. The second kappa shape index (κ2) is 10.3. The molecular formula is C27H32F3N3O4. The van der Waals surface area contributed by atoms with Crippen LogP contribution in [0.1, 0.15) is 48.5 Å². The van der Waals surface area contributed by atoms with Gasteiger partial charge in [0.1, 0.15) is 5.56 Å². The summed E-state index contributed by atoms with van der Waals surface area (Å²) in [6.07, 6.45) is 0.0623. The van der Waals surface area contributed by atoms with Crippen molar-refractivity contribution in [3.05, 3.63) is 51.8 Å². The van der Waals surface area contributed by atoms with Crippen molar-refractivity contribution in [2.75, 3.05) is 38.6 Å². The van der Waals surface area contributed by atoms with Crippen LogP contribution in [0.5, 0.6) is 0 Å². The number of hydrogen-bond donors (Lipinski definition) is 1. The molecule has 1 N–H and O–H groups in total. The largest absolute Gasteiger partial charge is 0.491 e. The number of nitrogens with zero attached hydrogens (tertiary/aromatic N) is 2. The number of aryl methyl sites for hydroxylation is 1. The number of fused-ring (bicyclic) bond motifs is 1. The lowest BCUT2D eigenvalue weighted by molar-refractivity contribution is -0.193. The SMILES string of the molecule is CCc1cc(C(=O)OC(=O)C(F)(F)F)c(=O)[nH]c1-c1ccc(N2C[C@H]3CCCC[C@]3(CN(C)C)C2)cc1. The van der Waals surface area contributed by atoms with Crippen LogP contribution in [0.15, 0.2) is 35.1 Å². The van der Waals surface area contributed by atoms with Gasteiger partial charge in [0.2, 0.25) is 0 Å². The van der Waals surface area contributed by atoms with Crippen molar-refractivity contribution in [1.82, 2.24) is 9.88 Å². The standard InChI is InChI=1S/C27H32F3N3O4/c1-4-17-13-21(24(35)37-25(36)27(28,29)30)23(34)31-22(17)18-8-10-20(11-9-18)33-14-19-7-5-6-12-26(19,16-33)15-32(2)3/h8-11,13,19H,4-7,12,14-16H2,1-3H3,(H,31,34)/t19-,26+/m1/s1. The van der Waals surface area contributed by atoms with E-state index in [-0.39, 0.29) is 0 Å². The summed E-state index contributed by atoms with van der Waals surface area (Å²) >= 11 is 0. The minimum absolute atomic E-state index is 0.291. The second-order valence-corrected chi connectivity index (χ2v) is 10.4. The normalized spacial score (nSPS) is 21.7. The molecule has 2 aliphatic rings. The van der Waals surface area contributed by atoms with Gasteiger partial charge in [0.25, 0.3) is 5.56 Å². The molecule has 1 saturated heterocycles. The van der Waals surface area contributed by atoms with E-state index >= 15 is 0 Å². The van der Waals surface area contributed by atoms with Crippen LogP contribution in [0.4, 0.5) is 18.9 Å². The van der Waals surface area contributed by atoms with E-state index in [2.05, 4.69) is 33.6 Å². The second-order valence-electron chi connectivity index (χ2n) is 10.4. The highest BCUT2D eigenvalue weighted by molar-refractivity contribution is 5.98. The van der Waals surface area contributed by atoms with E-state index in [0.29, 0.717) is 34.6 Å². The topological polar surface area (TPSA) is 82.7 Å². The van der Waals surface area contributed by atoms with Gasteiger partial charge in [0.15, 0.2) is 0 Å². The van der Waals surface area contributed by atoms with Crippen LogP contribution < -0.4 is 10.5 Å². The number of carbonyl (C=O) groups is 2. The Bertz CT molecular complexity index is 1220. The molecule has 37 heavy (non-hydrogen) atoms. The zero-order valence-electron chi connectivity index (χ0n) is 21.3. The fourth-order valence-electron chi connectivity index (χ4n) is 5.96. The van der Waals surface area contributed by atoms with Crippen molar-refractivity contribution in [1.29, 1.82) is 0 Å². The average Bonchev–Trinajstić information content (AvgIpc) is 3.21. The van der Waals surface area contributed by atoms with Crippen LogP contribution in [0.3, 0.4) is 0 Å². The minimum atomic E-state index is -5.34. The highest BCUT2D eigenvalue weighted by Gasteiger charge is 2.47. The Hall–Kier alpha value is -3.14. The number of alkyl halides is 3. The number of nitrogens with one attached hydrogen (secondary N) is 1. The van der Waals surface area contributed by atoms with Crippen molar-refractivity contribution in [3.8, 4) is 11.3 Å². The molecule has 0 amide bonds. The first-order valence-electron chi connectivity index (χ1n) is 12.5. The zero-order chi connectivity index (χ0) is 27.0. The Morgan fingerprint density at radius 2 is 1.89 bits per heavy atom. The number of carbonyl (C=O) groups excluding carboxylic acids is 2. The predicted molar refractivity (Wildman–Crippen MR) is 134 cm³/mol. The smallest absolute Gasteiger partial charge is 0.382 e. The van der Waals surface area contributed by atoms with Crippen LogP contribution in [0, 0.1) is 11.3 Å². The van der Waals surface area contributed by atoms with Crippen LogP contribution in [0.2, 0.25) is 0 Å². The molecule has 2 heterocycles. The molecule has 0 spiro atoms. The van der Waals surface area contributed by atoms with E-state index in [0.717, 1.165) is 25.3 Å². The molecular weight excluding hydrogens is 487 g/mol. The molecule has 1 aliphatic carbocycles. The fourth-order valence-corrected chi connectivity index (χ4v) is 5.96. The minimum Gasteiger partial charge on any atom is -0.382 e. The number of aromatic nitrogens is 1. The first-order chi connectivity index (χ1) is 17.4. The maximum atomic E-state index is 12.5. The van der Waals surface area contributed by atoms with Gasteiger partial charge in [-0.15, -0.1) is 0 Å². The summed E-state index contributed by atoms with van der Waals surface area (Å²) < 4.78 is 41.2. The van der Waals surface area contributed by atoms with E-state index < -0.39 is 29.2 Å². The molecule has 0 unspecified atom stereocenters. The third kappa shape index (κ3) is 5.58. The Kier molecular flexibility index (Phi) is 7.50. The van der Waals surface area contributed by atoms with Crippen LogP contribution in [-0.2, 0) is 16.0 Å². The number of pyridine rings is 1. The Morgan fingerprint density at radius 3 is 2.51 bits per heavy atom. The third-order valence-corrected chi connectivity index (χ3v) is 7.58. The summed E-state index contributed by atoms with van der Waals surface area (Å²) in [6.45, 7) is 4.87. The zero-order valence-corrected chi connectivity index (χ0v) is 21.3. The van der Waals surface area contributed by atoms with Crippen molar-refractivity contribution < 1.29 is 27.5 Å². The number of ether oxygens (including phenoxy) is 1. The van der Waals surface area contributed by atoms with Crippen molar-refractivity contribution in [2.24, 2.45) is 11.3 Å². The summed E-state index contributed by atoms with van der Waals surface area (Å²) in [4.78, 5) is 42.9. The number of benzene rings is 1. The molecule has 7 nitrogen and oxygen atoms in total. The van der Waals surface area contributed by atoms with Gasteiger partial charge in [-0.3, -0.25) is 4.79 Å². The van der Waals surface area contributed by atoms with Gasteiger partial charge >= 0.3 is 18.1 Å². The molecule has 2 atom stereocenters. The van der Waals surface area contributed by atoms with Gasteiger partial charge in [-0.05, 0) is 68.6 Å². The number of hydrogen-bond acceptors (Lipinski definition) is 6. The van der Waals surface area contributed by atoms with Gasteiger partial charge in [0, 0.05) is 30.7 Å². The quantitative estimate of drug-likeness (QED) is 0.450. The molecule has 10 heteroatoms. The van der Waals surface area contributed by atoms with E-state index in [1.165, 1.54) is 31.7 Å². The maximum absolute atomic E-state index is 12.5. The molecule has 0 bridgehead atoms. The lowest BCUT2D eigenvalue weighted by Gasteiger charge is -2.40. The molecule has 1 aromatic carbocycles. The molecule has 1 aliphatic heterocycles. The molecule has 4 rings (SSSR count). The van der Waals surface area contributed by atoms with Crippen LogP contribution in [-0.4, -0.2) is 61.7 Å². The van der Waals surface area contributed by atoms with Gasteiger partial charge in [-0.2, -0.15) is 13.2 Å². The number of esters is 2. The summed E-state index contributed by atoms with van der Waals surface area (Å²) in [6, 6.07) is 9.00.